The standard InChI is InChI=1S/C11H28N2O4SSi/c1-15-19(16-2,17-3)8-7-12-5-6-13-9-11(14)10-18-4/h11-14H,5-10H2,1-4H3. The Morgan fingerprint density at radius 1 is 1.05 bits per heavy atom. The molecule has 0 saturated carbocycles. The maximum absolute atomic E-state index is 9.51. The smallest absolute Gasteiger partial charge is 0.391 e. The second kappa shape index (κ2) is 12.1. The molecule has 0 aromatic carbocycles. The summed E-state index contributed by atoms with van der Waals surface area (Å²) in [4.78, 5) is 0. The normalized spacial score (nSPS) is 13.7. The average Bonchev–Trinajstić information content (AvgIpc) is 2.43. The molecule has 0 fully saturated rings. The third kappa shape index (κ3) is 8.98. The molecule has 0 aliphatic rings. The van der Waals surface area contributed by atoms with Gasteiger partial charge in [0, 0.05) is 52.8 Å². The molecular formula is C11H28N2O4SSi. The van der Waals surface area contributed by atoms with Gasteiger partial charge in [0.1, 0.15) is 0 Å². The van der Waals surface area contributed by atoms with E-state index in [1.54, 1.807) is 33.1 Å². The van der Waals surface area contributed by atoms with Crippen LogP contribution in [0.25, 0.3) is 0 Å². The average molecular weight is 313 g/mol. The second-order valence-corrected chi connectivity index (χ2v) is 8.11. The van der Waals surface area contributed by atoms with Crippen LogP contribution in [0.15, 0.2) is 0 Å². The van der Waals surface area contributed by atoms with Crippen molar-refractivity contribution in [2.24, 2.45) is 0 Å². The van der Waals surface area contributed by atoms with E-state index >= 15 is 0 Å². The summed E-state index contributed by atoms with van der Waals surface area (Å²) in [6.45, 7) is 3.09. The summed E-state index contributed by atoms with van der Waals surface area (Å²) < 4.78 is 16.0. The van der Waals surface area contributed by atoms with E-state index in [9.17, 15) is 5.11 Å². The topological polar surface area (TPSA) is 72.0 Å². The number of hydrogen-bond acceptors (Lipinski definition) is 7. The van der Waals surface area contributed by atoms with Gasteiger partial charge in [0.15, 0.2) is 0 Å². The zero-order valence-electron chi connectivity index (χ0n) is 12.4. The number of aliphatic hydroxyl groups excluding tert-OH is 1. The van der Waals surface area contributed by atoms with Gasteiger partial charge in [0.25, 0.3) is 0 Å². The predicted octanol–water partition coefficient (Wildman–Crippen LogP) is -0.232. The molecule has 0 aromatic heterocycles. The maximum atomic E-state index is 9.51. The van der Waals surface area contributed by atoms with Crippen molar-refractivity contribution in [3.05, 3.63) is 0 Å². The van der Waals surface area contributed by atoms with Gasteiger partial charge in [-0.3, -0.25) is 0 Å². The van der Waals surface area contributed by atoms with Crippen LogP contribution >= 0.6 is 11.8 Å². The summed E-state index contributed by atoms with van der Waals surface area (Å²) in [5.41, 5.74) is 0. The van der Waals surface area contributed by atoms with Crippen LogP contribution in [0, 0.1) is 0 Å². The zero-order chi connectivity index (χ0) is 14.6. The molecule has 0 aromatic rings. The maximum Gasteiger partial charge on any atom is 0.501 e. The quantitative estimate of drug-likeness (QED) is 0.320. The Kier molecular flexibility index (Phi) is 12.3. The molecule has 0 amide bonds. The van der Waals surface area contributed by atoms with Crippen LogP contribution < -0.4 is 10.6 Å². The Balaban J connectivity index is 3.49. The molecule has 0 aliphatic heterocycles. The van der Waals surface area contributed by atoms with E-state index in [-0.39, 0.29) is 6.10 Å². The first-order chi connectivity index (χ1) is 9.14. The van der Waals surface area contributed by atoms with Gasteiger partial charge in [-0.05, 0) is 12.8 Å². The predicted molar refractivity (Wildman–Crippen MR) is 81.7 cm³/mol. The first kappa shape index (κ1) is 19.3. The lowest BCUT2D eigenvalue weighted by molar-refractivity contribution is 0.123. The molecule has 19 heavy (non-hydrogen) atoms. The van der Waals surface area contributed by atoms with Gasteiger partial charge in [0.2, 0.25) is 0 Å². The van der Waals surface area contributed by atoms with Crippen LogP contribution in [0.2, 0.25) is 6.04 Å². The summed E-state index contributed by atoms with van der Waals surface area (Å²) in [6.07, 6.45) is 1.72. The van der Waals surface area contributed by atoms with E-state index in [4.69, 9.17) is 13.3 Å². The van der Waals surface area contributed by atoms with Crippen LogP contribution in [0.4, 0.5) is 0 Å². The zero-order valence-corrected chi connectivity index (χ0v) is 14.2. The molecule has 0 saturated heterocycles. The van der Waals surface area contributed by atoms with Crippen molar-refractivity contribution in [1.82, 2.24) is 10.6 Å². The van der Waals surface area contributed by atoms with Crippen molar-refractivity contribution in [3.8, 4) is 0 Å². The minimum Gasteiger partial charge on any atom is -0.391 e. The number of thioether (sulfide) groups is 1. The third-order valence-corrected chi connectivity index (χ3v) is 6.21. The summed E-state index contributed by atoms with van der Waals surface area (Å²) >= 11 is 1.65. The van der Waals surface area contributed by atoms with Gasteiger partial charge < -0.3 is 29.0 Å². The lowest BCUT2D eigenvalue weighted by atomic mass is 10.4. The largest absolute Gasteiger partial charge is 0.501 e. The molecule has 3 N–H and O–H groups in total. The van der Waals surface area contributed by atoms with Crippen molar-refractivity contribution in [3.63, 3.8) is 0 Å². The number of hydrogen-bond donors (Lipinski definition) is 3. The summed E-state index contributed by atoms with van der Waals surface area (Å²) in [6, 6.07) is 0.742. The van der Waals surface area contributed by atoms with Crippen molar-refractivity contribution in [1.29, 1.82) is 0 Å². The molecule has 6 nitrogen and oxygen atoms in total. The first-order valence-corrected chi connectivity index (χ1v) is 9.70. The fraction of sp³-hybridized carbons (Fsp3) is 1.00. The van der Waals surface area contributed by atoms with E-state index in [2.05, 4.69) is 10.6 Å². The molecule has 0 spiro atoms. The lowest BCUT2D eigenvalue weighted by Gasteiger charge is -2.24. The van der Waals surface area contributed by atoms with E-state index < -0.39 is 8.80 Å². The summed E-state index contributed by atoms with van der Waals surface area (Å²) in [5.74, 6) is 0.768. The van der Waals surface area contributed by atoms with Gasteiger partial charge in [-0.15, -0.1) is 0 Å². The highest BCUT2D eigenvalue weighted by Gasteiger charge is 2.36. The highest BCUT2D eigenvalue weighted by molar-refractivity contribution is 7.98. The van der Waals surface area contributed by atoms with Crippen LogP contribution in [0.5, 0.6) is 0 Å². The van der Waals surface area contributed by atoms with Gasteiger partial charge >= 0.3 is 8.80 Å². The molecule has 116 valence electrons. The van der Waals surface area contributed by atoms with Crippen LogP contribution in [-0.4, -0.2) is 79.5 Å². The molecule has 1 unspecified atom stereocenters. The molecule has 8 heteroatoms. The SMILES string of the molecule is CO[Si](CCNCCNCC(O)CSC)(OC)OC. The first-order valence-electron chi connectivity index (χ1n) is 6.38. The van der Waals surface area contributed by atoms with Crippen molar-refractivity contribution < 1.29 is 18.4 Å². The Labute approximate surface area is 121 Å². The Morgan fingerprint density at radius 2 is 1.63 bits per heavy atom. The molecule has 0 radical (unpaired) electrons. The Morgan fingerprint density at radius 3 is 2.16 bits per heavy atom. The molecule has 0 rings (SSSR count). The lowest BCUT2D eigenvalue weighted by Crippen LogP contribution is -2.45. The molecule has 0 aliphatic carbocycles. The second-order valence-electron chi connectivity index (χ2n) is 4.11. The van der Waals surface area contributed by atoms with E-state index in [0.29, 0.717) is 6.54 Å². The molecule has 0 heterocycles. The van der Waals surface area contributed by atoms with Gasteiger partial charge in [-0.25, -0.2) is 0 Å². The van der Waals surface area contributed by atoms with Crippen molar-refractivity contribution >= 4 is 20.6 Å². The van der Waals surface area contributed by atoms with Gasteiger partial charge in [-0.2, -0.15) is 11.8 Å². The minimum absolute atomic E-state index is 0.273. The summed E-state index contributed by atoms with van der Waals surface area (Å²) in [5, 5.41) is 16.0. The van der Waals surface area contributed by atoms with Crippen molar-refractivity contribution in [2.75, 3.05) is 59.5 Å². The van der Waals surface area contributed by atoms with Crippen LogP contribution in [0.3, 0.4) is 0 Å². The minimum atomic E-state index is -2.44. The fourth-order valence-corrected chi connectivity index (χ4v) is 3.72. The van der Waals surface area contributed by atoms with E-state index in [1.165, 1.54) is 0 Å². The van der Waals surface area contributed by atoms with Crippen molar-refractivity contribution in [2.45, 2.75) is 12.1 Å². The van der Waals surface area contributed by atoms with Crippen LogP contribution in [-0.2, 0) is 13.3 Å². The number of aliphatic hydroxyl groups is 1. The molecule has 0 bridgehead atoms. The fourth-order valence-electron chi connectivity index (χ4n) is 1.62. The van der Waals surface area contributed by atoms with Gasteiger partial charge in [0.05, 0.1) is 6.10 Å². The number of nitrogens with one attached hydrogen (secondary N) is 2. The highest BCUT2D eigenvalue weighted by atomic mass is 32.2. The Hall–Kier alpha value is 0.327. The highest BCUT2D eigenvalue weighted by Crippen LogP contribution is 2.10. The monoisotopic (exact) mass is 312 g/mol. The third-order valence-electron chi connectivity index (χ3n) is 2.76. The Bertz CT molecular complexity index is 203. The summed E-state index contributed by atoms with van der Waals surface area (Å²) in [7, 11) is 2.42. The molecular weight excluding hydrogens is 284 g/mol. The van der Waals surface area contributed by atoms with Crippen LogP contribution in [0.1, 0.15) is 0 Å². The van der Waals surface area contributed by atoms with Gasteiger partial charge in [-0.1, -0.05) is 0 Å². The molecule has 1 atom stereocenters. The van der Waals surface area contributed by atoms with E-state index in [1.807, 2.05) is 6.26 Å². The van der Waals surface area contributed by atoms with E-state index in [0.717, 1.165) is 31.4 Å². The number of rotatable bonds is 13.